The lowest BCUT2D eigenvalue weighted by atomic mass is 10.1. The summed E-state index contributed by atoms with van der Waals surface area (Å²) in [6.07, 6.45) is 1.67. The summed E-state index contributed by atoms with van der Waals surface area (Å²) in [5.41, 5.74) is 0. The predicted molar refractivity (Wildman–Crippen MR) is 75.7 cm³/mol. The fraction of sp³-hybridized carbons (Fsp3) is 0.929. The van der Waals surface area contributed by atoms with Gasteiger partial charge in [0.25, 0.3) is 0 Å². The lowest BCUT2D eigenvalue weighted by molar-refractivity contribution is -0.131. The van der Waals surface area contributed by atoms with E-state index < -0.39 is 0 Å². The molecular formula is C14H29N3O. The highest BCUT2D eigenvalue weighted by molar-refractivity contribution is 5.76. The van der Waals surface area contributed by atoms with Gasteiger partial charge in [-0.15, -0.1) is 0 Å². The number of nitrogens with one attached hydrogen (secondary N) is 1. The summed E-state index contributed by atoms with van der Waals surface area (Å²) < 4.78 is 0. The average Bonchev–Trinajstić information content (AvgIpc) is 2.29. The maximum Gasteiger partial charge on any atom is 0.222 e. The number of hydrogen-bond acceptors (Lipinski definition) is 3. The number of rotatable bonds is 6. The van der Waals surface area contributed by atoms with Gasteiger partial charge in [0.2, 0.25) is 5.91 Å². The normalized spacial score (nSPS) is 25.1. The number of nitrogens with zero attached hydrogens (tertiary/aromatic N) is 2. The molecule has 0 aromatic carbocycles. The summed E-state index contributed by atoms with van der Waals surface area (Å²) in [7, 11) is 0. The number of piperazine rings is 1. The Labute approximate surface area is 112 Å². The van der Waals surface area contributed by atoms with Gasteiger partial charge in [0.1, 0.15) is 0 Å². The quantitative estimate of drug-likeness (QED) is 0.777. The minimum absolute atomic E-state index is 0.302. The molecule has 0 aromatic rings. The van der Waals surface area contributed by atoms with Gasteiger partial charge in [-0.1, -0.05) is 0 Å². The molecule has 0 spiro atoms. The van der Waals surface area contributed by atoms with E-state index in [0.29, 0.717) is 24.4 Å². The fourth-order valence-electron chi connectivity index (χ4n) is 2.81. The molecule has 2 atom stereocenters. The van der Waals surface area contributed by atoms with Crippen molar-refractivity contribution in [2.24, 2.45) is 0 Å². The molecule has 1 amide bonds. The largest absolute Gasteiger partial charge is 0.343 e. The van der Waals surface area contributed by atoms with Crippen LogP contribution in [0.1, 0.15) is 40.5 Å². The van der Waals surface area contributed by atoms with E-state index in [-0.39, 0.29) is 0 Å². The Morgan fingerprint density at radius 1 is 1.22 bits per heavy atom. The van der Waals surface area contributed by atoms with Crippen LogP contribution in [0.15, 0.2) is 0 Å². The molecule has 0 bridgehead atoms. The van der Waals surface area contributed by atoms with E-state index in [9.17, 15) is 4.79 Å². The van der Waals surface area contributed by atoms with E-state index in [1.165, 1.54) is 0 Å². The van der Waals surface area contributed by atoms with E-state index in [1.54, 1.807) is 0 Å². The second kappa shape index (κ2) is 7.74. The van der Waals surface area contributed by atoms with Crippen LogP contribution in [0.5, 0.6) is 0 Å². The van der Waals surface area contributed by atoms with Crippen LogP contribution >= 0.6 is 0 Å². The van der Waals surface area contributed by atoms with Crippen LogP contribution in [0.25, 0.3) is 0 Å². The van der Waals surface area contributed by atoms with Crippen LogP contribution in [0, 0.1) is 0 Å². The molecule has 1 aliphatic rings. The van der Waals surface area contributed by atoms with Crippen molar-refractivity contribution in [3.05, 3.63) is 0 Å². The Bertz CT molecular complexity index is 243. The van der Waals surface area contributed by atoms with Gasteiger partial charge < -0.3 is 15.1 Å². The third-order valence-corrected chi connectivity index (χ3v) is 3.61. The van der Waals surface area contributed by atoms with Crippen molar-refractivity contribution in [2.45, 2.75) is 52.6 Å². The molecule has 4 nitrogen and oxygen atoms in total. The van der Waals surface area contributed by atoms with Gasteiger partial charge in [0, 0.05) is 44.7 Å². The van der Waals surface area contributed by atoms with Crippen molar-refractivity contribution in [3.8, 4) is 0 Å². The molecule has 0 radical (unpaired) electrons. The number of carbonyl (C=O) groups excluding carboxylic acids is 1. The summed E-state index contributed by atoms with van der Waals surface area (Å²) in [6, 6.07) is 1.12. The summed E-state index contributed by atoms with van der Waals surface area (Å²) in [4.78, 5) is 16.3. The lowest BCUT2D eigenvalue weighted by Crippen LogP contribution is -2.54. The van der Waals surface area contributed by atoms with Gasteiger partial charge in [-0.3, -0.25) is 4.79 Å². The molecule has 0 aromatic heterocycles. The van der Waals surface area contributed by atoms with Crippen LogP contribution in [0.3, 0.4) is 0 Å². The molecule has 4 heteroatoms. The standard InChI is InChI=1S/C14H29N3O/c1-5-17(6-2)14(18)8-7-9-16-10-12(3)15-13(4)11-16/h12-13,15H,5-11H2,1-4H3. The molecule has 1 aliphatic heterocycles. The Morgan fingerprint density at radius 3 is 2.28 bits per heavy atom. The smallest absolute Gasteiger partial charge is 0.222 e. The zero-order chi connectivity index (χ0) is 13.5. The Kier molecular flexibility index (Phi) is 6.65. The monoisotopic (exact) mass is 255 g/mol. The van der Waals surface area contributed by atoms with E-state index in [1.807, 2.05) is 18.7 Å². The zero-order valence-electron chi connectivity index (χ0n) is 12.4. The summed E-state index contributed by atoms with van der Waals surface area (Å²) in [6.45, 7) is 13.4. The number of carbonyl (C=O) groups is 1. The number of amides is 1. The lowest BCUT2D eigenvalue weighted by Gasteiger charge is -2.36. The SMILES string of the molecule is CCN(CC)C(=O)CCCN1CC(C)NC(C)C1. The third-order valence-electron chi connectivity index (χ3n) is 3.61. The zero-order valence-corrected chi connectivity index (χ0v) is 12.4. The molecule has 1 fully saturated rings. The molecule has 1 rings (SSSR count). The molecule has 1 saturated heterocycles. The fourth-order valence-corrected chi connectivity index (χ4v) is 2.81. The third kappa shape index (κ3) is 4.94. The Balaban J connectivity index is 2.22. The van der Waals surface area contributed by atoms with Crippen LogP contribution in [-0.4, -0.2) is 60.5 Å². The first kappa shape index (κ1) is 15.4. The highest BCUT2D eigenvalue weighted by Crippen LogP contribution is 2.06. The summed E-state index contributed by atoms with van der Waals surface area (Å²) in [5.74, 6) is 0.302. The van der Waals surface area contributed by atoms with Crippen molar-refractivity contribution in [2.75, 3.05) is 32.7 Å². The predicted octanol–water partition coefficient (Wildman–Crippen LogP) is 1.32. The average molecular weight is 255 g/mol. The van der Waals surface area contributed by atoms with Crippen molar-refractivity contribution >= 4 is 5.91 Å². The van der Waals surface area contributed by atoms with E-state index in [4.69, 9.17) is 0 Å². The Hall–Kier alpha value is -0.610. The van der Waals surface area contributed by atoms with Gasteiger partial charge in [-0.05, 0) is 40.7 Å². The van der Waals surface area contributed by atoms with Crippen molar-refractivity contribution in [1.29, 1.82) is 0 Å². The second-order valence-electron chi connectivity index (χ2n) is 5.40. The first-order chi connectivity index (χ1) is 8.56. The van der Waals surface area contributed by atoms with Gasteiger partial charge in [0.15, 0.2) is 0 Å². The molecule has 1 heterocycles. The molecule has 0 saturated carbocycles. The van der Waals surface area contributed by atoms with Crippen LogP contribution in [0.4, 0.5) is 0 Å². The van der Waals surface area contributed by atoms with Gasteiger partial charge in [-0.2, -0.15) is 0 Å². The van der Waals surface area contributed by atoms with Gasteiger partial charge in [0.05, 0.1) is 0 Å². The van der Waals surface area contributed by atoms with Gasteiger partial charge in [-0.25, -0.2) is 0 Å². The van der Waals surface area contributed by atoms with Crippen LogP contribution < -0.4 is 5.32 Å². The van der Waals surface area contributed by atoms with E-state index in [2.05, 4.69) is 24.1 Å². The second-order valence-corrected chi connectivity index (χ2v) is 5.40. The molecule has 2 unspecified atom stereocenters. The molecule has 1 N–H and O–H groups in total. The van der Waals surface area contributed by atoms with E-state index >= 15 is 0 Å². The van der Waals surface area contributed by atoms with Crippen LogP contribution in [0.2, 0.25) is 0 Å². The maximum absolute atomic E-state index is 11.9. The molecule has 0 aliphatic carbocycles. The van der Waals surface area contributed by atoms with Crippen molar-refractivity contribution in [3.63, 3.8) is 0 Å². The first-order valence-corrected chi connectivity index (χ1v) is 7.33. The topological polar surface area (TPSA) is 35.6 Å². The minimum Gasteiger partial charge on any atom is -0.343 e. The van der Waals surface area contributed by atoms with Crippen molar-refractivity contribution < 1.29 is 4.79 Å². The van der Waals surface area contributed by atoms with Gasteiger partial charge >= 0.3 is 0 Å². The molecular weight excluding hydrogens is 226 g/mol. The minimum atomic E-state index is 0.302. The Morgan fingerprint density at radius 2 is 1.78 bits per heavy atom. The first-order valence-electron chi connectivity index (χ1n) is 7.33. The summed E-state index contributed by atoms with van der Waals surface area (Å²) in [5, 5.41) is 3.53. The van der Waals surface area contributed by atoms with Crippen LogP contribution in [-0.2, 0) is 4.79 Å². The summed E-state index contributed by atoms with van der Waals surface area (Å²) >= 11 is 0. The maximum atomic E-state index is 11.9. The highest BCUT2D eigenvalue weighted by Gasteiger charge is 2.20. The number of hydrogen-bond donors (Lipinski definition) is 1. The van der Waals surface area contributed by atoms with Crippen molar-refractivity contribution in [1.82, 2.24) is 15.1 Å². The molecule has 106 valence electrons. The molecule has 18 heavy (non-hydrogen) atoms. The highest BCUT2D eigenvalue weighted by atomic mass is 16.2. The van der Waals surface area contributed by atoms with E-state index in [0.717, 1.165) is 39.1 Å².